The Labute approximate surface area is 117 Å². The summed E-state index contributed by atoms with van der Waals surface area (Å²) >= 11 is 0. The van der Waals surface area contributed by atoms with Crippen LogP contribution in [-0.4, -0.2) is 31.4 Å². The zero-order chi connectivity index (χ0) is 15.0. The number of nitrogens with zero attached hydrogens (tertiary/aromatic N) is 5. The van der Waals surface area contributed by atoms with E-state index in [0.29, 0.717) is 17.9 Å². The third kappa shape index (κ3) is 2.56. The van der Waals surface area contributed by atoms with E-state index >= 15 is 0 Å². The van der Waals surface area contributed by atoms with Crippen molar-refractivity contribution in [1.82, 2.24) is 19.7 Å². The normalized spacial score (nSPS) is 15.1. The summed E-state index contributed by atoms with van der Waals surface area (Å²) in [6.45, 7) is 0.598. The van der Waals surface area contributed by atoms with Crippen LogP contribution in [0.1, 0.15) is 17.2 Å². The molecular weight excluding hydrogens is 287 g/mol. The predicted molar refractivity (Wildman–Crippen MR) is 66.2 cm³/mol. The monoisotopic (exact) mass is 299 g/mol. The van der Waals surface area contributed by atoms with Gasteiger partial charge in [0, 0.05) is 19.3 Å². The lowest BCUT2D eigenvalue weighted by atomic mass is 10.2. The van der Waals surface area contributed by atoms with Gasteiger partial charge in [-0.2, -0.15) is 13.2 Å². The van der Waals surface area contributed by atoms with Crippen molar-refractivity contribution in [2.24, 2.45) is 0 Å². The fourth-order valence-electron chi connectivity index (χ4n) is 2.29. The number of halogens is 3. The van der Waals surface area contributed by atoms with Gasteiger partial charge in [-0.25, -0.2) is 4.98 Å². The average molecular weight is 299 g/mol. The summed E-state index contributed by atoms with van der Waals surface area (Å²) < 4.78 is 39.3. The molecule has 0 unspecified atom stereocenters. The molecule has 0 amide bonds. The Kier molecular flexibility index (Phi) is 3.28. The van der Waals surface area contributed by atoms with Crippen LogP contribution in [0.2, 0.25) is 0 Å². The van der Waals surface area contributed by atoms with Gasteiger partial charge in [-0.15, -0.1) is 10.2 Å². The van der Waals surface area contributed by atoms with Gasteiger partial charge in [-0.1, -0.05) is 0 Å². The van der Waals surface area contributed by atoms with Gasteiger partial charge in [0.25, 0.3) is 0 Å². The molecule has 0 saturated carbocycles. The van der Waals surface area contributed by atoms with Gasteiger partial charge in [0.15, 0.2) is 5.82 Å². The van der Waals surface area contributed by atoms with E-state index in [1.807, 2.05) is 4.90 Å². The summed E-state index contributed by atoms with van der Waals surface area (Å²) in [4.78, 5) is 5.98. The van der Waals surface area contributed by atoms with Gasteiger partial charge in [0.05, 0.1) is 13.2 Å². The number of hydrogen-bond donors (Lipinski definition) is 1. The van der Waals surface area contributed by atoms with Crippen LogP contribution in [0.5, 0.6) is 0 Å². The Morgan fingerprint density at radius 3 is 2.76 bits per heavy atom. The molecule has 3 heterocycles. The first-order chi connectivity index (χ1) is 9.99. The van der Waals surface area contributed by atoms with E-state index in [1.54, 1.807) is 18.3 Å². The zero-order valence-electron chi connectivity index (χ0n) is 10.9. The van der Waals surface area contributed by atoms with Gasteiger partial charge in [-0.05, 0) is 17.7 Å². The van der Waals surface area contributed by atoms with Gasteiger partial charge in [-0.3, -0.25) is 0 Å². The summed E-state index contributed by atoms with van der Waals surface area (Å²) in [6.07, 6.45) is -2.94. The van der Waals surface area contributed by atoms with E-state index in [1.165, 1.54) is 0 Å². The van der Waals surface area contributed by atoms with Crippen molar-refractivity contribution in [2.45, 2.75) is 25.9 Å². The first-order valence-electron chi connectivity index (χ1n) is 6.29. The summed E-state index contributed by atoms with van der Waals surface area (Å²) in [7, 11) is 0. The number of aromatic nitrogens is 4. The third-order valence-electron chi connectivity index (χ3n) is 3.32. The summed E-state index contributed by atoms with van der Waals surface area (Å²) in [6, 6.07) is 3.38. The molecule has 9 heteroatoms. The Balaban J connectivity index is 1.86. The smallest absolute Gasteiger partial charge is 0.392 e. The molecule has 1 aliphatic heterocycles. The number of hydrogen-bond acceptors (Lipinski definition) is 5. The molecule has 1 aliphatic rings. The maximum Gasteiger partial charge on any atom is 0.451 e. The van der Waals surface area contributed by atoms with Gasteiger partial charge in [0.2, 0.25) is 5.82 Å². The summed E-state index contributed by atoms with van der Waals surface area (Å²) in [5.41, 5.74) is 0.697. The Hall–Kier alpha value is -2.16. The van der Waals surface area contributed by atoms with E-state index in [-0.39, 0.29) is 25.5 Å². The molecule has 0 saturated heterocycles. The number of aliphatic hydroxyl groups is 1. The highest BCUT2D eigenvalue weighted by Gasteiger charge is 2.39. The molecule has 3 rings (SSSR count). The van der Waals surface area contributed by atoms with Crippen LogP contribution in [0, 0.1) is 0 Å². The van der Waals surface area contributed by atoms with Crippen LogP contribution in [0.25, 0.3) is 0 Å². The van der Waals surface area contributed by atoms with E-state index in [2.05, 4.69) is 15.2 Å². The van der Waals surface area contributed by atoms with Crippen LogP contribution in [0.3, 0.4) is 0 Å². The van der Waals surface area contributed by atoms with Crippen LogP contribution >= 0.6 is 0 Å². The second kappa shape index (κ2) is 4.99. The molecular formula is C12H12F3N5O. The second-order valence-electron chi connectivity index (χ2n) is 4.69. The molecule has 0 aliphatic carbocycles. The summed E-state index contributed by atoms with van der Waals surface area (Å²) in [5, 5.41) is 16.0. The van der Waals surface area contributed by atoms with Crippen LogP contribution in [0.4, 0.5) is 19.0 Å². The van der Waals surface area contributed by atoms with Crippen LogP contribution in [-0.2, 0) is 25.9 Å². The Morgan fingerprint density at radius 1 is 1.24 bits per heavy atom. The molecule has 0 bridgehead atoms. The van der Waals surface area contributed by atoms with E-state index in [4.69, 9.17) is 5.11 Å². The minimum Gasteiger partial charge on any atom is -0.392 e. The SMILES string of the molecule is OCc1ccnc(N2CCn3c(nnc3C(F)(F)F)C2)c1. The first kappa shape index (κ1) is 13.8. The van der Waals surface area contributed by atoms with Crippen LogP contribution < -0.4 is 4.90 Å². The number of rotatable bonds is 2. The minimum atomic E-state index is -4.50. The number of anilines is 1. The van der Waals surface area contributed by atoms with Crippen molar-refractivity contribution in [2.75, 3.05) is 11.4 Å². The number of aliphatic hydroxyl groups excluding tert-OH is 1. The lowest BCUT2D eigenvalue weighted by Gasteiger charge is -2.29. The lowest BCUT2D eigenvalue weighted by Crippen LogP contribution is -2.35. The third-order valence-corrected chi connectivity index (χ3v) is 3.32. The highest BCUT2D eigenvalue weighted by atomic mass is 19.4. The average Bonchev–Trinajstić information content (AvgIpc) is 2.90. The van der Waals surface area contributed by atoms with Crippen LogP contribution in [0.15, 0.2) is 18.3 Å². The van der Waals surface area contributed by atoms with Crippen molar-refractivity contribution in [1.29, 1.82) is 0 Å². The standard InChI is InChI=1S/C12H12F3N5O/c13-12(14,15)11-18-17-10-6-19(3-4-20(10)11)9-5-8(7-21)1-2-16-9/h1-2,5,21H,3-4,6-7H2. The second-order valence-corrected chi connectivity index (χ2v) is 4.69. The molecule has 6 nitrogen and oxygen atoms in total. The van der Waals surface area contributed by atoms with E-state index < -0.39 is 12.0 Å². The molecule has 0 fully saturated rings. The Morgan fingerprint density at radius 2 is 2.05 bits per heavy atom. The van der Waals surface area contributed by atoms with Gasteiger partial charge >= 0.3 is 6.18 Å². The molecule has 2 aromatic rings. The largest absolute Gasteiger partial charge is 0.451 e. The maximum atomic E-state index is 12.8. The maximum absolute atomic E-state index is 12.8. The molecule has 112 valence electrons. The quantitative estimate of drug-likeness (QED) is 0.902. The van der Waals surface area contributed by atoms with E-state index in [9.17, 15) is 13.2 Å². The van der Waals surface area contributed by atoms with Crippen molar-refractivity contribution in [3.05, 3.63) is 35.5 Å². The highest BCUT2D eigenvalue weighted by molar-refractivity contribution is 5.41. The molecule has 21 heavy (non-hydrogen) atoms. The van der Waals surface area contributed by atoms with Gasteiger partial charge in [0.1, 0.15) is 5.82 Å². The summed E-state index contributed by atoms with van der Waals surface area (Å²) in [5.74, 6) is -0.108. The van der Waals surface area contributed by atoms with Gasteiger partial charge < -0.3 is 14.6 Å². The van der Waals surface area contributed by atoms with Crippen molar-refractivity contribution < 1.29 is 18.3 Å². The minimum absolute atomic E-state index is 0.113. The number of pyridine rings is 1. The molecule has 0 spiro atoms. The van der Waals surface area contributed by atoms with E-state index in [0.717, 1.165) is 4.57 Å². The molecule has 0 aromatic carbocycles. The molecule has 2 aromatic heterocycles. The first-order valence-corrected chi connectivity index (χ1v) is 6.29. The molecule has 1 N–H and O–H groups in total. The number of alkyl halides is 3. The van der Waals surface area contributed by atoms with Crippen molar-refractivity contribution in [3.63, 3.8) is 0 Å². The fraction of sp³-hybridized carbons (Fsp3) is 0.417. The topological polar surface area (TPSA) is 67.1 Å². The van der Waals surface area contributed by atoms with Crippen molar-refractivity contribution in [3.8, 4) is 0 Å². The number of fused-ring (bicyclic) bond motifs is 1. The predicted octanol–water partition coefficient (Wildman–Crippen LogP) is 1.20. The molecule has 0 atom stereocenters. The van der Waals surface area contributed by atoms with Crippen molar-refractivity contribution >= 4 is 5.82 Å². The fourth-order valence-corrected chi connectivity index (χ4v) is 2.29. The molecule has 0 radical (unpaired) electrons. The lowest BCUT2D eigenvalue weighted by molar-refractivity contribution is -0.147. The zero-order valence-corrected chi connectivity index (χ0v) is 10.9. The Bertz CT molecular complexity index is 655. The highest BCUT2D eigenvalue weighted by Crippen LogP contribution is 2.30.